The summed E-state index contributed by atoms with van der Waals surface area (Å²) in [5, 5.41) is 2.79. The third kappa shape index (κ3) is 3.29. The van der Waals surface area contributed by atoms with Crippen LogP contribution in [0.4, 0.5) is 5.69 Å². The van der Waals surface area contributed by atoms with Crippen molar-refractivity contribution in [3.05, 3.63) is 12.1 Å². The first-order valence-corrected chi connectivity index (χ1v) is 5.76. The highest BCUT2D eigenvalue weighted by Crippen LogP contribution is 2.38. The van der Waals surface area contributed by atoms with Gasteiger partial charge in [0.25, 0.3) is 0 Å². The van der Waals surface area contributed by atoms with Crippen LogP contribution in [0.15, 0.2) is 12.1 Å². The fourth-order valence-corrected chi connectivity index (χ4v) is 1.56. The summed E-state index contributed by atoms with van der Waals surface area (Å²) in [6.45, 7) is 1.95. The maximum absolute atomic E-state index is 11.6. The second kappa shape index (κ2) is 6.74. The minimum atomic E-state index is -0.0701. The normalized spacial score (nSPS) is 9.78. The number of hydrogen-bond acceptors (Lipinski definition) is 4. The Morgan fingerprint density at radius 3 is 2.06 bits per heavy atom. The average molecular weight is 253 g/mol. The van der Waals surface area contributed by atoms with Crippen molar-refractivity contribution in [2.75, 3.05) is 26.6 Å². The van der Waals surface area contributed by atoms with Crippen LogP contribution in [0, 0.1) is 0 Å². The molecule has 1 rings (SSSR count). The fourth-order valence-electron chi connectivity index (χ4n) is 1.56. The number of hydrogen-bond donors (Lipinski definition) is 1. The van der Waals surface area contributed by atoms with Crippen molar-refractivity contribution >= 4 is 11.6 Å². The van der Waals surface area contributed by atoms with Crippen LogP contribution in [-0.2, 0) is 4.79 Å². The molecule has 0 saturated heterocycles. The van der Waals surface area contributed by atoms with E-state index >= 15 is 0 Å². The van der Waals surface area contributed by atoms with E-state index < -0.39 is 0 Å². The van der Waals surface area contributed by atoms with Crippen molar-refractivity contribution < 1.29 is 19.0 Å². The van der Waals surface area contributed by atoms with E-state index in [9.17, 15) is 4.79 Å². The molecule has 0 aliphatic rings. The van der Waals surface area contributed by atoms with Gasteiger partial charge in [-0.1, -0.05) is 6.92 Å². The number of carbonyl (C=O) groups excluding carboxylic acids is 1. The van der Waals surface area contributed by atoms with Crippen LogP contribution in [0.5, 0.6) is 17.2 Å². The van der Waals surface area contributed by atoms with E-state index in [2.05, 4.69) is 5.32 Å². The van der Waals surface area contributed by atoms with Crippen LogP contribution in [0.25, 0.3) is 0 Å². The van der Waals surface area contributed by atoms with Crippen molar-refractivity contribution in [3.63, 3.8) is 0 Å². The lowest BCUT2D eigenvalue weighted by Crippen LogP contribution is -2.12. The Bertz CT molecular complexity index is 392. The van der Waals surface area contributed by atoms with Gasteiger partial charge in [-0.2, -0.15) is 0 Å². The van der Waals surface area contributed by atoms with Crippen molar-refractivity contribution in [1.82, 2.24) is 0 Å². The van der Waals surface area contributed by atoms with E-state index in [4.69, 9.17) is 14.2 Å². The van der Waals surface area contributed by atoms with Crippen LogP contribution in [-0.4, -0.2) is 27.2 Å². The fraction of sp³-hybridized carbons (Fsp3) is 0.462. The number of carbonyl (C=O) groups is 1. The van der Waals surface area contributed by atoms with Gasteiger partial charge in [0, 0.05) is 18.6 Å². The van der Waals surface area contributed by atoms with Crippen LogP contribution in [0.3, 0.4) is 0 Å². The highest BCUT2D eigenvalue weighted by molar-refractivity contribution is 5.94. The molecule has 0 unspecified atom stereocenters. The zero-order valence-electron chi connectivity index (χ0n) is 11.2. The number of methoxy groups -OCH3 is 3. The van der Waals surface area contributed by atoms with Crippen LogP contribution in [0.1, 0.15) is 19.8 Å². The largest absolute Gasteiger partial charge is 0.496 e. The summed E-state index contributed by atoms with van der Waals surface area (Å²) in [7, 11) is 4.62. The topological polar surface area (TPSA) is 56.8 Å². The Balaban J connectivity index is 3.10. The lowest BCUT2D eigenvalue weighted by molar-refractivity contribution is -0.116. The average Bonchev–Trinajstić information content (AvgIpc) is 2.39. The van der Waals surface area contributed by atoms with Gasteiger partial charge in [0.1, 0.15) is 22.9 Å². The quantitative estimate of drug-likeness (QED) is 0.846. The highest BCUT2D eigenvalue weighted by Gasteiger charge is 2.15. The van der Waals surface area contributed by atoms with Crippen molar-refractivity contribution in [3.8, 4) is 17.2 Å². The molecule has 5 heteroatoms. The molecule has 0 fully saturated rings. The minimum Gasteiger partial charge on any atom is -0.496 e. The molecule has 1 N–H and O–H groups in total. The molecule has 0 aliphatic carbocycles. The van der Waals surface area contributed by atoms with Crippen molar-refractivity contribution in [2.45, 2.75) is 19.8 Å². The zero-order chi connectivity index (χ0) is 13.5. The van der Waals surface area contributed by atoms with Crippen molar-refractivity contribution in [2.24, 2.45) is 0 Å². The maximum atomic E-state index is 11.6. The molecule has 0 heterocycles. The highest BCUT2D eigenvalue weighted by atomic mass is 16.5. The van der Waals surface area contributed by atoms with E-state index in [0.717, 1.165) is 6.42 Å². The van der Waals surface area contributed by atoms with Gasteiger partial charge in [-0.25, -0.2) is 0 Å². The van der Waals surface area contributed by atoms with Gasteiger partial charge in [-0.15, -0.1) is 0 Å². The predicted molar refractivity (Wildman–Crippen MR) is 69.6 cm³/mol. The van der Waals surface area contributed by atoms with Gasteiger partial charge < -0.3 is 19.5 Å². The molecule has 100 valence electrons. The molecule has 0 radical (unpaired) electrons. The molecule has 1 aromatic carbocycles. The summed E-state index contributed by atoms with van der Waals surface area (Å²) in [6.07, 6.45) is 1.24. The molecule has 1 amide bonds. The Labute approximate surface area is 107 Å². The number of ether oxygens (including phenoxy) is 3. The minimum absolute atomic E-state index is 0.0701. The molecule has 18 heavy (non-hydrogen) atoms. The molecular formula is C13H19NO4. The molecule has 5 nitrogen and oxygen atoms in total. The van der Waals surface area contributed by atoms with E-state index in [1.54, 1.807) is 19.2 Å². The monoisotopic (exact) mass is 253 g/mol. The summed E-state index contributed by atoms with van der Waals surface area (Å²) in [4.78, 5) is 11.6. The smallest absolute Gasteiger partial charge is 0.224 e. The Morgan fingerprint density at radius 1 is 1.11 bits per heavy atom. The molecule has 0 spiro atoms. The summed E-state index contributed by atoms with van der Waals surface area (Å²) in [5.74, 6) is 1.56. The standard InChI is InChI=1S/C13H19NO4/c1-5-6-12(15)14-13-10(17-3)7-9(16-2)8-11(13)18-4/h7-8H,5-6H2,1-4H3,(H,14,15). The second-order valence-electron chi connectivity index (χ2n) is 3.71. The van der Waals surface area contributed by atoms with E-state index in [0.29, 0.717) is 29.4 Å². The van der Waals surface area contributed by atoms with Gasteiger partial charge in [0.05, 0.1) is 21.3 Å². The number of anilines is 1. The first-order valence-electron chi connectivity index (χ1n) is 5.76. The first-order chi connectivity index (χ1) is 8.65. The van der Waals surface area contributed by atoms with E-state index in [-0.39, 0.29) is 5.91 Å². The lowest BCUT2D eigenvalue weighted by atomic mass is 10.2. The van der Waals surface area contributed by atoms with Crippen LogP contribution >= 0.6 is 0 Å². The van der Waals surface area contributed by atoms with Crippen LogP contribution in [0.2, 0.25) is 0 Å². The van der Waals surface area contributed by atoms with Crippen molar-refractivity contribution in [1.29, 1.82) is 0 Å². The third-order valence-electron chi connectivity index (χ3n) is 2.46. The Hall–Kier alpha value is -1.91. The number of nitrogens with one attached hydrogen (secondary N) is 1. The van der Waals surface area contributed by atoms with Gasteiger partial charge in [-0.05, 0) is 6.42 Å². The SMILES string of the molecule is CCCC(=O)Nc1c(OC)cc(OC)cc1OC. The van der Waals surface area contributed by atoms with E-state index in [1.165, 1.54) is 14.2 Å². The Kier molecular flexibility index (Phi) is 5.30. The molecule has 1 aromatic rings. The number of benzene rings is 1. The van der Waals surface area contributed by atoms with Gasteiger partial charge in [0.2, 0.25) is 5.91 Å². The summed E-state index contributed by atoms with van der Waals surface area (Å²) in [5.41, 5.74) is 0.527. The summed E-state index contributed by atoms with van der Waals surface area (Å²) >= 11 is 0. The summed E-state index contributed by atoms with van der Waals surface area (Å²) < 4.78 is 15.6. The van der Waals surface area contributed by atoms with Gasteiger partial charge >= 0.3 is 0 Å². The Morgan fingerprint density at radius 2 is 1.67 bits per heavy atom. The molecule has 0 atom stereocenters. The zero-order valence-corrected chi connectivity index (χ0v) is 11.2. The maximum Gasteiger partial charge on any atom is 0.224 e. The molecule has 0 aromatic heterocycles. The third-order valence-corrected chi connectivity index (χ3v) is 2.46. The number of amides is 1. The molecule has 0 bridgehead atoms. The molecular weight excluding hydrogens is 234 g/mol. The van der Waals surface area contributed by atoms with Crippen LogP contribution < -0.4 is 19.5 Å². The van der Waals surface area contributed by atoms with Gasteiger partial charge in [0.15, 0.2) is 0 Å². The molecule has 0 aliphatic heterocycles. The summed E-state index contributed by atoms with van der Waals surface area (Å²) in [6, 6.07) is 3.40. The first kappa shape index (κ1) is 14.2. The molecule has 0 saturated carbocycles. The lowest BCUT2D eigenvalue weighted by Gasteiger charge is -2.15. The van der Waals surface area contributed by atoms with Gasteiger partial charge in [-0.3, -0.25) is 4.79 Å². The predicted octanol–water partition coefficient (Wildman–Crippen LogP) is 2.45. The second-order valence-corrected chi connectivity index (χ2v) is 3.71. The number of rotatable bonds is 6. The van der Waals surface area contributed by atoms with E-state index in [1.807, 2.05) is 6.92 Å².